The highest BCUT2D eigenvalue weighted by molar-refractivity contribution is 6.06. The Morgan fingerprint density at radius 1 is 0.879 bits per heavy atom. The molecule has 33 heavy (non-hydrogen) atoms. The summed E-state index contributed by atoms with van der Waals surface area (Å²) >= 11 is 0. The van der Waals surface area contributed by atoms with Crippen LogP contribution in [-0.4, -0.2) is 34.2 Å². The van der Waals surface area contributed by atoms with Gasteiger partial charge >= 0.3 is 0 Å². The van der Waals surface area contributed by atoms with Gasteiger partial charge in [0.15, 0.2) is 23.3 Å². The van der Waals surface area contributed by atoms with Crippen LogP contribution in [0.25, 0.3) is 0 Å². The van der Waals surface area contributed by atoms with Gasteiger partial charge in [0, 0.05) is 17.6 Å². The Bertz CT molecular complexity index is 1200. The van der Waals surface area contributed by atoms with Gasteiger partial charge in [0.1, 0.15) is 0 Å². The van der Waals surface area contributed by atoms with Crippen molar-refractivity contribution in [2.75, 3.05) is 6.54 Å². The second-order valence-corrected chi connectivity index (χ2v) is 8.49. The van der Waals surface area contributed by atoms with Gasteiger partial charge in [-0.05, 0) is 37.1 Å². The quantitative estimate of drug-likeness (QED) is 0.304. The molecule has 0 aromatic heterocycles. The van der Waals surface area contributed by atoms with Crippen molar-refractivity contribution in [2.45, 2.75) is 31.5 Å². The second-order valence-electron chi connectivity index (χ2n) is 8.49. The number of halogens is 5. The van der Waals surface area contributed by atoms with Crippen molar-refractivity contribution in [1.82, 2.24) is 9.80 Å². The lowest BCUT2D eigenvalue weighted by Gasteiger charge is -2.29. The zero-order valence-corrected chi connectivity index (χ0v) is 17.0. The highest BCUT2D eigenvalue weighted by Crippen LogP contribution is 2.53. The van der Waals surface area contributed by atoms with Crippen LogP contribution in [0.15, 0.2) is 24.3 Å². The van der Waals surface area contributed by atoms with Gasteiger partial charge in [0.25, 0.3) is 0 Å². The van der Waals surface area contributed by atoms with Crippen molar-refractivity contribution in [3.8, 4) is 6.07 Å². The van der Waals surface area contributed by atoms with Crippen molar-refractivity contribution in [2.24, 2.45) is 11.8 Å². The number of hydrogen-bond donors (Lipinski definition) is 0. The molecule has 170 valence electrons. The zero-order chi connectivity index (χ0) is 23.6. The lowest BCUT2D eigenvalue weighted by Crippen LogP contribution is -2.39. The van der Waals surface area contributed by atoms with Gasteiger partial charge in [-0.3, -0.25) is 19.4 Å². The molecule has 5 rings (SSSR count). The summed E-state index contributed by atoms with van der Waals surface area (Å²) in [4.78, 5) is 29.2. The van der Waals surface area contributed by atoms with Crippen LogP contribution in [0.2, 0.25) is 0 Å². The first-order chi connectivity index (χ1) is 15.8. The van der Waals surface area contributed by atoms with Crippen molar-refractivity contribution >= 4 is 11.8 Å². The molecule has 4 atom stereocenters. The maximum atomic E-state index is 14.2. The lowest BCUT2D eigenvalue weighted by atomic mass is 9.85. The molecule has 2 amide bonds. The van der Waals surface area contributed by atoms with Crippen molar-refractivity contribution in [1.29, 1.82) is 5.26 Å². The summed E-state index contributed by atoms with van der Waals surface area (Å²) in [7, 11) is 0. The maximum Gasteiger partial charge on any atom is 0.235 e. The summed E-state index contributed by atoms with van der Waals surface area (Å²) < 4.78 is 69.1. The van der Waals surface area contributed by atoms with Gasteiger partial charge < -0.3 is 0 Å². The number of benzene rings is 2. The molecule has 0 N–H and O–H groups in total. The largest absolute Gasteiger partial charge is 0.292 e. The number of carbonyl (C=O) groups is 2. The highest BCUT2D eigenvalue weighted by atomic mass is 19.2. The van der Waals surface area contributed by atoms with Crippen LogP contribution in [0.5, 0.6) is 0 Å². The molecule has 5 nitrogen and oxygen atoms in total. The fourth-order valence-corrected chi connectivity index (χ4v) is 5.52. The number of fused-ring (bicyclic) bond motifs is 3. The average Bonchev–Trinajstić information content (AvgIpc) is 3.47. The zero-order valence-electron chi connectivity index (χ0n) is 17.0. The van der Waals surface area contributed by atoms with Crippen molar-refractivity contribution in [3.63, 3.8) is 0 Å². The van der Waals surface area contributed by atoms with E-state index in [4.69, 9.17) is 5.26 Å². The van der Waals surface area contributed by atoms with E-state index >= 15 is 0 Å². The molecule has 0 spiro atoms. The Morgan fingerprint density at radius 2 is 1.45 bits per heavy atom. The third-order valence-electron chi connectivity index (χ3n) is 6.94. The molecular formula is C23H16F5N3O2. The van der Waals surface area contributed by atoms with Crippen molar-refractivity contribution in [3.05, 3.63) is 70.0 Å². The molecule has 1 unspecified atom stereocenters. The summed E-state index contributed by atoms with van der Waals surface area (Å²) in [5.74, 6) is -13.7. The van der Waals surface area contributed by atoms with E-state index in [1.165, 1.54) is 0 Å². The van der Waals surface area contributed by atoms with Crippen LogP contribution >= 0.6 is 0 Å². The minimum absolute atomic E-state index is 0.270. The minimum atomic E-state index is -2.30. The molecule has 3 heterocycles. The predicted molar refractivity (Wildman–Crippen MR) is 102 cm³/mol. The maximum absolute atomic E-state index is 14.2. The van der Waals surface area contributed by atoms with Crippen LogP contribution in [-0.2, 0) is 16.1 Å². The number of hydrogen-bond acceptors (Lipinski definition) is 4. The molecule has 3 aliphatic heterocycles. The van der Waals surface area contributed by atoms with Gasteiger partial charge in [-0.15, -0.1) is 0 Å². The van der Waals surface area contributed by atoms with Gasteiger partial charge in [-0.1, -0.05) is 12.1 Å². The van der Waals surface area contributed by atoms with E-state index in [0.717, 1.165) is 6.42 Å². The smallest absolute Gasteiger partial charge is 0.235 e. The SMILES string of the molecule is N#Cc1ccc([C@H]2[C@H]3C(=O)N(Cc4c(F)c(F)c(F)c(F)c4F)C(=O)[C@H]3C3CCCN32)cc1. The Hall–Kier alpha value is -3.32. The number of imide groups is 1. The molecule has 0 aliphatic carbocycles. The standard InChI is InChI=1S/C23H16F5N3O2/c24-16-12(17(25)19(27)20(28)18(16)26)9-31-22(32)14-13-2-1-7-30(13)21(15(14)23(31)33)11-5-3-10(8-29)4-6-11/h3-6,13-15,21H,1-2,7,9H2/t13?,14-,15-,21-/m0/s1. The molecule has 0 radical (unpaired) electrons. The molecule has 10 heteroatoms. The molecule has 0 bridgehead atoms. The Kier molecular flexibility index (Phi) is 4.97. The summed E-state index contributed by atoms with van der Waals surface area (Å²) in [6.45, 7) is -0.385. The van der Waals surface area contributed by atoms with Crippen LogP contribution < -0.4 is 0 Å². The van der Waals surface area contributed by atoms with Crippen LogP contribution in [0.3, 0.4) is 0 Å². The topological polar surface area (TPSA) is 64.4 Å². The van der Waals surface area contributed by atoms with Gasteiger partial charge in [-0.2, -0.15) is 5.26 Å². The third-order valence-corrected chi connectivity index (χ3v) is 6.94. The molecule has 2 aromatic rings. The molecule has 3 fully saturated rings. The van der Waals surface area contributed by atoms with E-state index in [1.807, 2.05) is 6.07 Å². The van der Waals surface area contributed by atoms with E-state index in [2.05, 4.69) is 4.90 Å². The number of nitrogens with zero attached hydrogens (tertiary/aromatic N) is 3. The van der Waals surface area contributed by atoms with Gasteiger partial charge in [-0.25, -0.2) is 22.0 Å². The lowest BCUT2D eigenvalue weighted by molar-refractivity contribution is -0.142. The number of nitriles is 1. The summed E-state index contributed by atoms with van der Waals surface area (Å²) in [5.41, 5.74) is -0.0769. The van der Waals surface area contributed by atoms with Crippen LogP contribution in [0, 0.1) is 52.3 Å². The Morgan fingerprint density at radius 3 is 2.06 bits per heavy atom. The number of likely N-dealkylation sites (tertiary alicyclic amines) is 1. The third kappa shape index (κ3) is 2.99. The van der Waals surface area contributed by atoms with E-state index < -0.39 is 70.9 Å². The summed E-state index contributed by atoms with van der Waals surface area (Å²) in [6, 6.07) is 7.84. The van der Waals surface area contributed by atoms with E-state index in [9.17, 15) is 31.5 Å². The normalized spacial score (nSPS) is 26.6. The molecule has 3 aliphatic rings. The summed E-state index contributed by atoms with van der Waals surface area (Å²) in [6.07, 6.45) is 1.43. The number of amides is 2. The van der Waals surface area contributed by atoms with Crippen molar-refractivity contribution < 1.29 is 31.5 Å². The number of rotatable bonds is 3. The highest BCUT2D eigenvalue weighted by Gasteiger charge is 2.63. The molecule has 2 aromatic carbocycles. The predicted octanol–water partition coefficient (Wildman–Crippen LogP) is 3.57. The molecule has 3 saturated heterocycles. The van der Waals surface area contributed by atoms with Gasteiger partial charge in [0.05, 0.1) is 30.0 Å². The first-order valence-corrected chi connectivity index (χ1v) is 10.4. The van der Waals surface area contributed by atoms with Crippen LogP contribution in [0.1, 0.15) is 35.6 Å². The van der Waals surface area contributed by atoms with Crippen LogP contribution in [0.4, 0.5) is 22.0 Å². The Labute approximate surface area is 185 Å². The first kappa shape index (κ1) is 21.5. The van der Waals surface area contributed by atoms with E-state index in [-0.39, 0.29) is 6.04 Å². The number of carbonyl (C=O) groups excluding carboxylic acids is 2. The van der Waals surface area contributed by atoms with E-state index in [0.29, 0.717) is 29.0 Å². The first-order valence-electron chi connectivity index (χ1n) is 10.4. The monoisotopic (exact) mass is 461 g/mol. The molecular weight excluding hydrogens is 445 g/mol. The van der Waals surface area contributed by atoms with E-state index in [1.54, 1.807) is 24.3 Å². The Balaban J connectivity index is 1.53. The second kappa shape index (κ2) is 7.63. The average molecular weight is 461 g/mol. The summed E-state index contributed by atoms with van der Waals surface area (Å²) in [5, 5.41) is 9.04. The fraction of sp³-hybridized carbons (Fsp3) is 0.348. The fourth-order valence-electron chi connectivity index (χ4n) is 5.52. The van der Waals surface area contributed by atoms with Gasteiger partial charge in [0.2, 0.25) is 17.6 Å². The minimum Gasteiger partial charge on any atom is -0.292 e. The molecule has 0 saturated carbocycles.